The fraction of sp³-hybridized carbons (Fsp3) is 0.357. The van der Waals surface area contributed by atoms with Gasteiger partial charge in [0, 0.05) is 17.9 Å². The highest BCUT2D eigenvalue weighted by Gasteiger charge is 2.24. The normalized spacial score (nSPS) is 18.9. The summed E-state index contributed by atoms with van der Waals surface area (Å²) in [5.41, 5.74) is 2.85. The number of nitrogens with one attached hydrogen (secondary N) is 1. The van der Waals surface area contributed by atoms with Crippen LogP contribution >= 0.6 is 0 Å². The lowest BCUT2D eigenvalue weighted by molar-refractivity contribution is 0.192. The van der Waals surface area contributed by atoms with E-state index in [4.69, 9.17) is 9.26 Å². The van der Waals surface area contributed by atoms with E-state index in [9.17, 15) is 0 Å². The van der Waals surface area contributed by atoms with Crippen LogP contribution in [0.5, 0.6) is 0 Å². The van der Waals surface area contributed by atoms with Crippen molar-refractivity contribution < 1.29 is 9.26 Å². The van der Waals surface area contributed by atoms with Crippen LogP contribution in [0.3, 0.4) is 0 Å². The van der Waals surface area contributed by atoms with E-state index < -0.39 is 0 Å². The van der Waals surface area contributed by atoms with Gasteiger partial charge in [0.25, 0.3) is 5.89 Å². The number of aryl methyl sites for hydroxylation is 1. The Morgan fingerprint density at radius 3 is 3.15 bits per heavy atom. The lowest BCUT2D eigenvalue weighted by atomic mass is 10.1. The molecule has 0 aliphatic carbocycles. The van der Waals surface area contributed by atoms with Crippen molar-refractivity contribution in [1.29, 1.82) is 0 Å². The number of aromatic nitrogens is 4. The molecule has 0 saturated carbocycles. The summed E-state index contributed by atoms with van der Waals surface area (Å²) >= 11 is 0. The topological polar surface area (TPSA) is 76.8 Å². The summed E-state index contributed by atoms with van der Waals surface area (Å²) in [6.07, 6.45) is 0.944. The zero-order valence-electron chi connectivity index (χ0n) is 11.1. The van der Waals surface area contributed by atoms with Crippen molar-refractivity contribution in [2.24, 2.45) is 0 Å². The molecular weight excluding hydrogens is 256 g/mol. The van der Waals surface area contributed by atoms with E-state index in [1.165, 1.54) is 5.56 Å². The van der Waals surface area contributed by atoms with Gasteiger partial charge in [-0.05, 0) is 25.5 Å². The summed E-state index contributed by atoms with van der Waals surface area (Å²) in [4.78, 5) is 4.47. The lowest BCUT2D eigenvalue weighted by Gasteiger charge is -1.97. The molecule has 0 spiro atoms. The molecule has 0 amide bonds. The highest BCUT2D eigenvalue weighted by molar-refractivity contribution is 5.91. The second kappa shape index (κ2) is 4.42. The summed E-state index contributed by atoms with van der Waals surface area (Å²) in [5, 5.41) is 12.4. The fourth-order valence-corrected chi connectivity index (χ4v) is 2.53. The minimum absolute atomic E-state index is 0.236. The maximum Gasteiger partial charge on any atom is 0.279 e. The van der Waals surface area contributed by atoms with Gasteiger partial charge in [-0.3, -0.25) is 5.10 Å². The van der Waals surface area contributed by atoms with Crippen LogP contribution < -0.4 is 0 Å². The molecule has 1 aliphatic rings. The smallest absolute Gasteiger partial charge is 0.279 e. The van der Waals surface area contributed by atoms with E-state index in [0.29, 0.717) is 24.0 Å². The molecule has 1 N–H and O–H groups in total. The molecule has 6 heteroatoms. The first-order valence-electron chi connectivity index (χ1n) is 6.68. The Morgan fingerprint density at radius 2 is 2.30 bits per heavy atom. The van der Waals surface area contributed by atoms with Gasteiger partial charge >= 0.3 is 0 Å². The lowest BCUT2D eigenvalue weighted by Crippen LogP contribution is -1.99. The predicted molar refractivity (Wildman–Crippen MR) is 72.3 cm³/mol. The van der Waals surface area contributed by atoms with Crippen molar-refractivity contribution in [2.45, 2.75) is 19.3 Å². The third kappa shape index (κ3) is 1.80. The van der Waals surface area contributed by atoms with Gasteiger partial charge in [0.15, 0.2) is 11.5 Å². The van der Waals surface area contributed by atoms with Crippen LogP contribution in [-0.2, 0) is 4.74 Å². The average molecular weight is 270 g/mol. The number of nitrogens with zero attached hydrogens (tertiary/aromatic N) is 3. The van der Waals surface area contributed by atoms with E-state index >= 15 is 0 Å². The molecule has 4 rings (SSSR count). The van der Waals surface area contributed by atoms with Gasteiger partial charge in [-0.15, -0.1) is 0 Å². The average Bonchev–Trinajstić information content (AvgIpc) is 3.17. The van der Waals surface area contributed by atoms with Crippen LogP contribution in [0.15, 0.2) is 22.7 Å². The van der Waals surface area contributed by atoms with Crippen LogP contribution in [0.4, 0.5) is 0 Å². The summed E-state index contributed by atoms with van der Waals surface area (Å²) in [6, 6.07) is 6.11. The minimum atomic E-state index is 0.236. The van der Waals surface area contributed by atoms with Crippen molar-refractivity contribution >= 4 is 10.9 Å². The van der Waals surface area contributed by atoms with E-state index in [0.717, 1.165) is 23.9 Å². The van der Waals surface area contributed by atoms with E-state index in [1.54, 1.807) is 0 Å². The van der Waals surface area contributed by atoms with E-state index in [1.807, 2.05) is 19.1 Å². The number of benzene rings is 1. The van der Waals surface area contributed by atoms with Gasteiger partial charge < -0.3 is 9.26 Å². The number of aromatic amines is 1. The second-order valence-corrected chi connectivity index (χ2v) is 5.14. The van der Waals surface area contributed by atoms with Crippen LogP contribution in [0.25, 0.3) is 22.5 Å². The van der Waals surface area contributed by atoms with Gasteiger partial charge in [-0.1, -0.05) is 16.8 Å². The highest BCUT2D eigenvalue weighted by atomic mass is 16.5. The molecule has 6 nitrogen and oxygen atoms in total. The zero-order valence-corrected chi connectivity index (χ0v) is 11.1. The van der Waals surface area contributed by atoms with Crippen LogP contribution in [0.1, 0.15) is 23.7 Å². The fourth-order valence-electron chi connectivity index (χ4n) is 2.53. The SMILES string of the molecule is Cc1ccc2[nH]nc(-c3nc(C4CCOC4)no3)c2c1. The molecule has 1 saturated heterocycles. The Labute approximate surface area is 115 Å². The molecule has 3 aromatic rings. The van der Waals surface area contributed by atoms with Gasteiger partial charge in [0.05, 0.1) is 12.1 Å². The van der Waals surface area contributed by atoms with Crippen LogP contribution in [-0.4, -0.2) is 33.6 Å². The Hall–Kier alpha value is -2.21. The largest absolute Gasteiger partial charge is 0.381 e. The molecular formula is C14H14N4O2. The summed E-state index contributed by atoms with van der Waals surface area (Å²) < 4.78 is 10.7. The third-order valence-corrected chi connectivity index (χ3v) is 3.66. The van der Waals surface area contributed by atoms with Crippen molar-refractivity contribution in [3.8, 4) is 11.6 Å². The molecule has 0 bridgehead atoms. The molecule has 1 fully saturated rings. The molecule has 0 radical (unpaired) electrons. The quantitative estimate of drug-likeness (QED) is 0.773. The number of H-pyrrole nitrogens is 1. The Morgan fingerprint density at radius 1 is 1.35 bits per heavy atom. The number of hydrogen-bond donors (Lipinski definition) is 1. The zero-order chi connectivity index (χ0) is 13.5. The Bertz CT molecular complexity index is 755. The molecule has 20 heavy (non-hydrogen) atoms. The number of rotatable bonds is 2. The van der Waals surface area contributed by atoms with Crippen LogP contribution in [0.2, 0.25) is 0 Å². The molecule has 1 atom stereocenters. The molecule has 3 heterocycles. The molecule has 1 aliphatic heterocycles. The summed E-state index contributed by atoms with van der Waals surface area (Å²) in [7, 11) is 0. The predicted octanol–water partition coefficient (Wildman–Crippen LogP) is 2.43. The van der Waals surface area contributed by atoms with Crippen LogP contribution in [0, 0.1) is 6.92 Å². The van der Waals surface area contributed by atoms with E-state index in [2.05, 4.69) is 26.4 Å². The molecule has 2 aromatic heterocycles. The second-order valence-electron chi connectivity index (χ2n) is 5.14. The standard InChI is InChI=1S/C14H14N4O2/c1-8-2-3-11-10(6-8)12(17-16-11)14-15-13(18-20-14)9-4-5-19-7-9/h2-3,6,9H,4-5,7H2,1H3,(H,16,17). The van der Waals surface area contributed by atoms with Gasteiger partial charge in [0.1, 0.15) is 0 Å². The Balaban J connectivity index is 1.77. The Kier molecular flexibility index (Phi) is 2.56. The molecule has 1 aromatic carbocycles. The monoisotopic (exact) mass is 270 g/mol. The maximum atomic E-state index is 5.37. The molecule has 1 unspecified atom stereocenters. The van der Waals surface area contributed by atoms with Crippen molar-refractivity contribution in [1.82, 2.24) is 20.3 Å². The van der Waals surface area contributed by atoms with Gasteiger partial charge in [-0.25, -0.2) is 0 Å². The summed E-state index contributed by atoms with van der Waals surface area (Å²) in [5.74, 6) is 1.41. The molecule has 102 valence electrons. The van der Waals surface area contributed by atoms with E-state index in [-0.39, 0.29) is 5.92 Å². The van der Waals surface area contributed by atoms with Gasteiger partial charge in [-0.2, -0.15) is 10.1 Å². The minimum Gasteiger partial charge on any atom is -0.381 e. The first-order chi connectivity index (χ1) is 9.81. The van der Waals surface area contributed by atoms with Gasteiger partial charge in [0.2, 0.25) is 0 Å². The number of hydrogen-bond acceptors (Lipinski definition) is 5. The number of ether oxygens (including phenoxy) is 1. The van der Waals surface area contributed by atoms with Crippen molar-refractivity contribution in [3.05, 3.63) is 29.6 Å². The first kappa shape index (κ1) is 11.6. The highest BCUT2D eigenvalue weighted by Crippen LogP contribution is 2.28. The van der Waals surface area contributed by atoms with Crippen molar-refractivity contribution in [3.63, 3.8) is 0 Å². The summed E-state index contributed by atoms with van der Waals surface area (Å²) in [6.45, 7) is 3.48. The first-order valence-corrected chi connectivity index (χ1v) is 6.68. The maximum absolute atomic E-state index is 5.37. The number of fused-ring (bicyclic) bond motifs is 1. The third-order valence-electron chi connectivity index (χ3n) is 3.66. The van der Waals surface area contributed by atoms with Crippen molar-refractivity contribution in [2.75, 3.05) is 13.2 Å².